The number of aryl methyl sites for hydroxylation is 2. The predicted octanol–water partition coefficient (Wildman–Crippen LogP) is 4.03. The van der Waals surface area contributed by atoms with Gasteiger partial charge in [-0.3, -0.25) is 4.99 Å². The highest BCUT2D eigenvalue weighted by Crippen LogP contribution is 2.14. The maximum Gasteiger partial charge on any atom is 0.193 e. The van der Waals surface area contributed by atoms with Crippen molar-refractivity contribution >= 4 is 11.6 Å². The molecule has 0 atom stereocenters. The third-order valence-corrected chi connectivity index (χ3v) is 3.70. The van der Waals surface area contributed by atoms with Crippen molar-refractivity contribution in [3.8, 4) is 5.75 Å². The maximum absolute atomic E-state index is 12.8. The van der Waals surface area contributed by atoms with Gasteiger partial charge < -0.3 is 15.8 Å². The van der Waals surface area contributed by atoms with Crippen molar-refractivity contribution in [2.75, 3.05) is 18.5 Å². The number of nitrogens with one attached hydrogen (secondary N) is 1. The van der Waals surface area contributed by atoms with Crippen LogP contribution < -0.4 is 15.8 Å². The lowest BCUT2D eigenvalue weighted by atomic mass is 10.1. The first-order valence-corrected chi connectivity index (χ1v) is 8.07. The molecule has 24 heavy (non-hydrogen) atoms. The van der Waals surface area contributed by atoms with E-state index in [1.54, 1.807) is 12.1 Å². The number of rotatable bonds is 7. The fourth-order valence-electron chi connectivity index (χ4n) is 2.14. The highest BCUT2D eigenvalue weighted by atomic mass is 19.1. The molecule has 0 radical (unpaired) electrons. The van der Waals surface area contributed by atoms with E-state index in [-0.39, 0.29) is 5.82 Å². The molecule has 0 aromatic heterocycles. The van der Waals surface area contributed by atoms with Gasteiger partial charge in [-0.05, 0) is 74.2 Å². The summed E-state index contributed by atoms with van der Waals surface area (Å²) in [4.78, 5) is 4.31. The highest BCUT2D eigenvalue weighted by molar-refractivity contribution is 5.92. The summed E-state index contributed by atoms with van der Waals surface area (Å²) in [5, 5.41) is 3.09. The molecule has 0 heterocycles. The Morgan fingerprint density at radius 3 is 2.54 bits per heavy atom. The van der Waals surface area contributed by atoms with E-state index >= 15 is 0 Å². The van der Waals surface area contributed by atoms with Crippen molar-refractivity contribution in [1.82, 2.24) is 0 Å². The van der Waals surface area contributed by atoms with Crippen molar-refractivity contribution in [2.45, 2.75) is 26.7 Å². The summed E-state index contributed by atoms with van der Waals surface area (Å²) < 4.78 is 18.3. The number of benzene rings is 2. The number of nitrogens with two attached hydrogens (primary N) is 1. The fraction of sp³-hybridized carbons (Fsp3) is 0.316. The van der Waals surface area contributed by atoms with Crippen LogP contribution >= 0.6 is 0 Å². The lowest BCUT2D eigenvalue weighted by Gasteiger charge is -2.08. The summed E-state index contributed by atoms with van der Waals surface area (Å²) >= 11 is 0. The van der Waals surface area contributed by atoms with E-state index in [1.807, 2.05) is 12.1 Å². The van der Waals surface area contributed by atoms with Crippen molar-refractivity contribution in [2.24, 2.45) is 10.7 Å². The lowest BCUT2D eigenvalue weighted by Crippen LogP contribution is -2.23. The van der Waals surface area contributed by atoms with E-state index in [0.29, 0.717) is 24.9 Å². The van der Waals surface area contributed by atoms with Crippen LogP contribution in [0.2, 0.25) is 0 Å². The molecule has 0 spiro atoms. The van der Waals surface area contributed by atoms with Crippen LogP contribution in [0, 0.1) is 19.7 Å². The third-order valence-electron chi connectivity index (χ3n) is 3.70. The molecule has 0 amide bonds. The second-order valence-electron chi connectivity index (χ2n) is 5.70. The molecule has 5 heteroatoms. The number of hydrogen-bond donors (Lipinski definition) is 2. The van der Waals surface area contributed by atoms with Crippen molar-refractivity contribution in [3.05, 3.63) is 59.4 Å². The van der Waals surface area contributed by atoms with Crippen molar-refractivity contribution in [1.29, 1.82) is 0 Å². The molecule has 0 unspecified atom stereocenters. The molecule has 0 saturated heterocycles. The number of nitrogens with zero attached hydrogens (tertiary/aromatic N) is 1. The molecule has 0 bridgehead atoms. The molecule has 0 aliphatic rings. The van der Waals surface area contributed by atoms with E-state index < -0.39 is 0 Å². The van der Waals surface area contributed by atoms with Crippen LogP contribution in [0.1, 0.15) is 24.0 Å². The Morgan fingerprint density at radius 1 is 1.08 bits per heavy atom. The van der Waals surface area contributed by atoms with Gasteiger partial charge in [-0.2, -0.15) is 0 Å². The van der Waals surface area contributed by atoms with Gasteiger partial charge >= 0.3 is 0 Å². The SMILES string of the molecule is Cc1ccc(NC(N)=NCCCCOc2ccc(F)cc2)cc1C. The first-order valence-electron chi connectivity index (χ1n) is 8.07. The normalized spacial score (nSPS) is 11.4. The number of ether oxygens (including phenoxy) is 1. The van der Waals surface area contributed by atoms with E-state index in [4.69, 9.17) is 10.5 Å². The summed E-state index contributed by atoms with van der Waals surface area (Å²) in [7, 11) is 0. The Kier molecular flexibility index (Phi) is 6.61. The topological polar surface area (TPSA) is 59.6 Å². The number of unbranched alkanes of at least 4 members (excludes halogenated alkanes) is 1. The summed E-state index contributed by atoms with van der Waals surface area (Å²) in [5.41, 5.74) is 9.29. The maximum atomic E-state index is 12.8. The number of hydrogen-bond acceptors (Lipinski definition) is 2. The Labute approximate surface area is 142 Å². The van der Waals surface area contributed by atoms with Crippen LogP contribution in [-0.2, 0) is 0 Å². The number of guanidine groups is 1. The summed E-state index contributed by atoms with van der Waals surface area (Å²) in [6, 6.07) is 12.1. The second kappa shape index (κ2) is 8.91. The second-order valence-corrected chi connectivity index (χ2v) is 5.70. The Hall–Kier alpha value is -2.56. The molecular formula is C19H24FN3O. The molecule has 3 N–H and O–H groups in total. The molecule has 4 nitrogen and oxygen atoms in total. The summed E-state index contributed by atoms with van der Waals surface area (Å²) in [5.74, 6) is 0.831. The van der Waals surface area contributed by atoms with E-state index in [2.05, 4.69) is 30.2 Å². The van der Waals surface area contributed by atoms with Crippen LogP contribution in [0.15, 0.2) is 47.5 Å². The first-order chi connectivity index (χ1) is 11.5. The number of anilines is 1. The molecule has 128 valence electrons. The van der Waals surface area contributed by atoms with Crippen LogP contribution in [0.4, 0.5) is 10.1 Å². The van der Waals surface area contributed by atoms with E-state index in [1.165, 1.54) is 23.3 Å². The highest BCUT2D eigenvalue weighted by Gasteiger charge is 1.98. The monoisotopic (exact) mass is 329 g/mol. The molecule has 2 aromatic carbocycles. The molecule has 0 aliphatic carbocycles. The van der Waals surface area contributed by atoms with Crippen LogP contribution in [0.25, 0.3) is 0 Å². The van der Waals surface area contributed by atoms with Crippen LogP contribution in [0.5, 0.6) is 5.75 Å². The molecule has 2 rings (SSSR count). The van der Waals surface area contributed by atoms with Gasteiger partial charge in [-0.1, -0.05) is 6.07 Å². The van der Waals surface area contributed by atoms with Gasteiger partial charge in [0.25, 0.3) is 0 Å². The van der Waals surface area contributed by atoms with Gasteiger partial charge in [0, 0.05) is 12.2 Å². The number of aliphatic imine (C=N–C) groups is 1. The zero-order valence-corrected chi connectivity index (χ0v) is 14.2. The third kappa shape index (κ3) is 5.91. The molecule has 2 aromatic rings. The van der Waals surface area contributed by atoms with Crippen LogP contribution in [0.3, 0.4) is 0 Å². The van der Waals surface area contributed by atoms with Gasteiger partial charge in [0.1, 0.15) is 11.6 Å². The number of halogens is 1. The quantitative estimate of drug-likeness (QED) is 0.458. The van der Waals surface area contributed by atoms with E-state index in [0.717, 1.165) is 18.5 Å². The minimum absolute atomic E-state index is 0.261. The Morgan fingerprint density at radius 2 is 1.83 bits per heavy atom. The first kappa shape index (κ1) is 17.8. The van der Waals surface area contributed by atoms with Gasteiger partial charge in [0.2, 0.25) is 0 Å². The van der Waals surface area contributed by atoms with Crippen molar-refractivity contribution in [3.63, 3.8) is 0 Å². The standard InChI is InChI=1S/C19H24FN3O/c1-14-5-8-17(13-15(14)2)23-19(21)22-11-3-4-12-24-18-9-6-16(20)7-10-18/h5-10,13H,3-4,11-12H2,1-2H3,(H3,21,22,23). The summed E-state index contributed by atoms with van der Waals surface area (Å²) in [6.07, 6.45) is 1.73. The minimum atomic E-state index is -0.261. The van der Waals surface area contributed by atoms with Gasteiger partial charge in [0.15, 0.2) is 5.96 Å². The zero-order valence-electron chi connectivity index (χ0n) is 14.2. The van der Waals surface area contributed by atoms with Crippen LogP contribution in [-0.4, -0.2) is 19.1 Å². The minimum Gasteiger partial charge on any atom is -0.494 e. The smallest absolute Gasteiger partial charge is 0.193 e. The lowest BCUT2D eigenvalue weighted by molar-refractivity contribution is 0.307. The molecule has 0 saturated carbocycles. The average Bonchev–Trinajstić information content (AvgIpc) is 2.56. The van der Waals surface area contributed by atoms with Gasteiger partial charge in [0.05, 0.1) is 6.61 Å². The van der Waals surface area contributed by atoms with E-state index in [9.17, 15) is 4.39 Å². The van der Waals surface area contributed by atoms with Gasteiger partial charge in [-0.15, -0.1) is 0 Å². The van der Waals surface area contributed by atoms with Crippen molar-refractivity contribution < 1.29 is 9.13 Å². The summed E-state index contributed by atoms with van der Waals surface area (Å²) in [6.45, 7) is 5.35. The predicted molar refractivity (Wildman–Crippen MR) is 97.2 cm³/mol. The molecule has 0 aliphatic heterocycles. The molecular weight excluding hydrogens is 305 g/mol. The molecule has 0 fully saturated rings. The fourth-order valence-corrected chi connectivity index (χ4v) is 2.14. The Bertz CT molecular complexity index is 684. The largest absolute Gasteiger partial charge is 0.494 e. The van der Waals surface area contributed by atoms with Gasteiger partial charge in [-0.25, -0.2) is 4.39 Å². The zero-order chi connectivity index (χ0) is 17.4. The Balaban J connectivity index is 1.65. The average molecular weight is 329 g/mol.